The lowest BCUT2D eigenvalue weighted by Gasteiger charge is -2.37. The van der Waals surface area contributed by atoms with Crippen molar-refractivity contribution < 1.29 is 4.74 Å². The summed E-state index contributed by atoms with van der Waals surface area (Å²) in [5.74, 6) is 0. The number of methoxy groups -OCH3 is 1. The summed E-state index contributed by atoms with van der Waals surface area (Å²) in [7, 11) is 1.76. The molecule has 0 aliphatic carbocycles. The van der Waals surface area contributed by atoms with Gasteiger partial charge in [-0.15, -0.1) is 6.58 Å². The standard InChI is InChI=1S/C22H33N3O/c1-7-8-23-19(5)21-16-22(18(4)15-20(21)17(2)3)25-11-9-24(10-12-25)13-14-26-6/h7,15-16H,1-2,8-14H2,3-6H3/b23-19-. The Kier molecular flexibility index (Phi) is 7.61. The summed E-state index contributed by atoms with van der Waals surface area (Å²) in [6, 6.07) is 4.56. The molecule has 4 heteroatoms. The Morgan fingerprint density at radius 1 is 1.19 bits per heavy atom. The van der Waals surface area contributed by atoms with Gasteiger partial charge in [-0.1, -0.05) is 18.2 Å². The molecule has 0 saturated carbocycles. The Morgan fingerprint density at radius 2 is 1.88 bits per heavy atom. The van der Waals surface area contributed by atoms with E-state index in [0.29, 0.717) is 6.54 Å². The van der Waals surface area contributed by atoms with Gasteiger partial charge in [-0.25, -0.2) is 0 Å². The summed E-state index contributed by atoms with van der Waals surface area (Å²) < 4.78 is 5.20. The van der Waals surface area contributed by atoms with Crippen molar-refractivity contribution in [2.45, 2.75) is 20.8 Å². The van der Waals surface area contributed by atoms with Gasteiger partial charge < -0.3 is 9.64 Å². The normalized spacial score (nSPS) is 16.0. The van der Waals surface area contributed by atoms with Gasteiger partial charge in [0, 0.05) is 56.8 Å². The van der Waals surface area contributed by atoms with Crippen LogP contribution in [0.1, 0.15) is 30.5 Å². The van der Waals surface area contributed by atoms with Gasteiger partial charge in [-0.3, -0.25) is 9.89 Å². The molecule has 0 N–H and O–H groups in total. The smallest absolute Gasteiger partial charge is 0.0589 e. The molecule has 1 heterocycles. The van der Waals surface area contributed by atoms with E-state index in [2.05, 4.69) is 60.9 Å². The summed E-state index contributed by atoms with van der Waals surface area (Å²) in [5.41, 5.74) is 7.10. The fourth-order valence-electron chi connectivity index (χ4n) is 3.41. The van der Waals surface area contributed by atoms with E-state index in [-0.39, 0.29) is 0 Å². The van der Waals surface area contributed by atoms with Crippen LogP contribution in [0.4, 0.5) is 5.69 Å². The zero-order valence-electron chi connectivity index (χ0n) is 16.8. The largest absolute Gasteiger partial charge is 0.383 e. The van der Waals surface area contributed by atoms with Crippen LogP contribution in [0.5, 0.6) is 0 Å². The highest BCUT2D eigenvalue weighted by Gasteiger charge is 2.20. The van der Waals surface area contributed by atoms with E-state index in [1.807, 2.05) is 6.08 Å². The maximum atomic E-state index is 5.20. The summed E-state index contributed by atoms with van der Waals surface area (Å²) >= 11 is 0. The Labute approximate surface area is 158 Å². The molecule has 142 valence electrons. The molecular weight excluding hydrogens is 322 g/mol. The molecule has 0 radical (unpaired) electrons. The van der Waals surface area contributed by atoms with Crippen molar-refractivity contribution in [1.29, 1.82) is 0 Å². The van der Waals surface area contributed by atoms with E-state index < -0.39 is 0 Å². The van der Waals surface area contributed by atoms with Gasteiger partial charge >= 0.3 is 0 Å². The first-order chi connectivity index (χ1) is 12.5. The Balaban J connectivity index is 2.27. The van der Waals surface area contributed by atoms with Crippen molar-refractivity contribution in [3.63, 3.8) is 0 Å². The number of nitrogens with zero attached hydrogens (tertiary/aromatic N) is 3. The molecule has 0 unspecified atom stereocenters. The zero-order valence-corrected chi connectivity index (χ0v) is 16.8. The molecule has 26 heavy (non-hydrogen) atoms. The predicted octanol–water partition coefficient (Wildman–Crippen LogP) is 3.79. The van der Waals surface area contributed by atoms with Crippen molar-refractivity contribution in [3.05, 3.63) is 48.1 Å². The molecular formula is C22H33N3O. The van der Waals surface area contributed by atoms with Crippen LogP contribution < -0.4 is 4.90 Å². The van der Waals surface area contributed by atoms with Crippen LogP contribution >= 0.6 is 0 Å². The van der Waals surface area contributed by atoms with Crippen LogP contribution in [0.2, 0.25) is 0 Å². The second-order valence-corrected chi connectivity index (χ2v) is 7.00. The van der Waals surface area contributed by atoms with Crippen molar-refractivity contribution in [2.24, 2.45) is 4.99 Å². The Morgan fingerprint density at radius 3 is 2.46 bits per heavy atom. The number of rotatable bonds is 8. The number of aliphatic imine (C=N–C) groups is 1. The first-order valence-electron chi connectivity index (χ1n) is 9.37. The maximum absolute atomic E-state index is 5.20. The van der Waals surface area contributed by atoms with E-state index in [1.54, 1.807) is 7.11 Å². The van der Waals surface area contributed by atoms with Crippen molar-refractivity contribution in [3.8, 4) is 0 Å². The lowest BCUT2D eigenvalue weighted by Crippen LogP contribution is -2.47. The van der Waals surface area contributed by atoms with E-state index in [4.69, 9.17) is 4.74 Å². The van der Waals surface area contributed by atoms with Crippen LogP contribution in [0.3, 0.4) is 0 Å². The number of allylic oxidation sites excluding steroid dienone is 1. The molecule has 4 nitrogen and oxygen atoms in total. The number of anilines is 1. The van der Waals surface area contributed by atoms with Crippen molar-refractivity contribution in [2.75, 3.05) is 57.9 Å². The lowest BCUT2D eigenvalue weighted by molar-refractivity contribution is 0.144. The van der Waals surface area contributed by atoms with E-state index in [1.165, 1.54) is 22.4 Å². The quantitative estimate of drug-likeness (QED) is 0.525. The Bertz CT molecular complexity index is 670. The maximum Gasteiger partial charge on any atom is 0.0589 e. The molecule has 0 aromatic heterocycles. The number of hydrogen-bond donors (Lipinski definition) is 0. The summed E-state index contributed by atoms with van der Waals surface area (Å²) in [6.45, 7) is 20.9. The monoisotopic (exact) mass is 355 g/mol. The van der Waals surface area contributed by atoms with Crippen molar-refractivity contribution in [1.82, 2.24) is 4.90 Å². The molecule has 1 aromatic rings. The minimum Gasteiger partial charge on any atom is -0.383 e. The molecule has 0 spiro atoms. The van der Waals surface area contributed by atoms with Gasteiger partial charge in [-0.2, -0.15) is 0 Å². The zero-order chi connectivity index (χ0) is 19.1. The SMILES string of the molecule is C=CC/N=C(/C)c1cc(N2CCN(CCOC)CC2)c(C)cc1C(=C)C. The molecule has 1 aliphatic rings. The minimum absolute atomic E-state index is 0.642. The minimum atomic E-state index is 0.642. The molecule has 0 amide bonds. The van der Waals surface area contributed by atoms with Gasteiger partial charge in [-0.05, 0) is 44.0 Å². The molecule has 1 aromatic carbocycles. The van der Waals surface area contributed by atoms with E-state index in [9.17, 15) is 0 Å². The van der Waals surface area contributed by atoms with Gasteiger partial charge in [0.15, 0.2) is 0 Å². The van der Waals surface area contributed by atoms with Crippen LogP contribution in [-0.2, 0) is 4.74 Å². The second-order valence-electron chi connectivity index (χ2n) is 7.00. The number of piperazine rings is 1. The van der Waals surface area contributed by atoms with Gasteiger partial charge in [0.2, 0.25) is 0 Å². The number of aryl methyl sites for hydroxylation is 1. The molecule has 0 bridgehead atoms. The van der Waals surface area contributed by atoms with Crippen LogP contribution in [-0.4, -0.2) is 63.6 Å². The number of hydrogen-bond acceptors (Lipinski definition) is 4. The second kappa shape index (κ2) is 9.70. The third kappa shape index (κ3) is 5.05. The molecule has 0 atom stereocenters. The number of benzene rings is 1. The van der Waals surface area contributed by atoms with E-state index >= 15 is 0 Å². The molecule has 1 saturated heterocycles. The van der Waals surface area contributed by atoms with Gasteiger partial charge in [0.1, 0.15) is 0 Å². The lowest BCUT2D eigenvalue weighted by atomic mass is 9.94. The number of ether oxygens (including phenoxy) is 1. The molecule has 2 rings (SSSR count). The average molecular weight is 356 g/mol. The summed E-state index contributed by atoms with van der Waals surface area (Å²) in [6.07, 6.45) is 1.83. The van der Waals surface area contributed by atoms with Crippen LogP contribution in [0.25, 0.3) is 5.57 Å². The van der Waals surface area contributed by atoms with Crippen molar-refractivity contribution >= 4 is 17.0 Å². The van der Waals surface area contributed by atoms with Gasteiger partial charge in [0.05, 0.1) is 13.2 Å². The first-order valence-corrected chi connectivity index (χ1v) is 9.37. The average Bonchev–Trinajstić information content (AvgIpc) is 2.64. The van der Waals surface area contributed by atoms with Crippen LogP contribution in [0, 0.1) is 6.92 Å². The first kappa shape index (κ1) is 20.4. The predicted molar refractivity (Wildman–Crippen MR) is 114 cm³/mol. The van der Waals surface area contributed by atoms with E-state index in [0.717, 1.165) is 50.6 Å². The topological polar surface area (TPSA) is 28.1 Å². The molecule has 1 fully saturated rings. The fraction of sp³-hybridized carbons (Fsp3) is 0.500. The summed E-state index contributed by atoms with van der Waals surface area (Å²) in [4.78, 5) is 9.59. The summed E-state index contributed by atoms with van der Waals surface area (Å²) in [5, 5.41) is 0. The highest BCUT2D eigenvalue weighted by atomic mass is 16.5. The third-order valence-electron chi connectivity index (χ3n) is 4.97. The highest BCUT2D eigenvalue weighted by Crippen LogP contribution is 2.29. The van der Waals surface area contributed by atoms with Gasteiger partial charge in [0.25, 0.3) is 0 Å². The third-order valence-corrected chi connectivity index (χ3v) is 4.97. The van der Waals surface area contributed by atoms with Crippen LogP contribution in [0.15, 0.2) is 36.4 Å². The Hall–Kier alpha value is -1.91. The molecule has 1 aliphatic heterocycles. The fourth-order valence-corrected chi connectivity index (χ4v) is 3.41. The highest BCUT2D eigenvalue weighted by molar-refractivity contribution is 6.03.